The fraction of sp³-hybridized carbons (Fsp3) is 0.346. The van der Waals surface area contributed by atoms with Crippen molar-refractivity contribution in [2.24, 2.45) is 5.41 Å². The van der Waals surface area contributed by atoms with Gasteiger partial charge in [-0.3, -0.25) is 24.2 Å². The van der Waals surface area contributed by atoms with Crippen molar-refractivity contribution in [3.63, 3.8) is 0 Å². The molecule has 1 aliphatic rings. The zero-order valence-corrected chi connectivity index (χ0v) is 22.5. The number of anilines is 2. The first-order valence-electron chi connectivity index (χ1n) is 11.7. The molecule has 3 aromatic rings. The molecule has 0 N–H and O–H groups in total. The largest absolute Gasteiger partial charge is 0.424 e. The van der Waals surface area contributed by atoms with Crippen LogP contribution in [0.25, 0.3) is 5.69 Å². The standard InChI is InChI=1S/C26H27Cl2N5O4/c1-16-6-5-7-20(37-24(36)10-11-26(2,3)4)25(16)32-15-22(34)31(14-23(32)35)19-12-17(27)8-9-18(19)33-13-21(28)29-30-33/h5-9,12-13H,10-11,14-15H2,1-4H3. The summed E-state index contributed by atoms with van der Waals surface area (Å²) in [6.45, 7) is 7.44. The molecule has 2 amide bonds. The Labute approximate surface area is 224 Å². The average molecular weight is 544 g/mol. The Balaban J connectivity index is 1.61. The lowest BCUT2D eigenvalue weighted by molar-refractivity contribution is -0.135. The smallest absolute Gasteiger partial charge is 0.311 e. The van der Waals surface area contributed by atoms with E-state index >= 15 is 0 Å². The van der Waals surface area contributed by atoms with E-state index in [1.54, 1.807) is 43.3 Å². The quantitative estimate of drug-likeness (QED) is 0.320. The highest BCUT2D eigenvalue weighted by atomic mass is 35.5. The highest BCUT2D eigenvalue weighted by molar-refractivity contribution is 6.31. The van der Waals surface area contributed by atoms with E-state index < -0.39 is 5.97 Å². The van der Waals surface area contributed by atoms with Crippen molar-refractivity contribution in [3.05, 3.63) is 58.3 Å². The molecule has 0 radical (unpaired) electrons. The fourth-order valence-electron chi connectivity index (χ4n) is 4.02. The van der Waals surface area contributed by atoms with Crippen molar-refractivity contribution in [2.45, 2.75) is 40.5 Å². The number of rotatable bonds is 6. The molecule has 0 spiro atoms. The minimum absolute atomic E-state index is 0.0239. The monoisotopic (exact) mass is 543 g/mol. The van der Waals surface area contributed by atoms with Gasteiger partial charge in [-0.25, -0.2) is 4.68 Å². The molecule has 1 aliphatic heterocycles. The van der Waals surface area contributed by atoms with Gasteiger partial charge in [-0.15, -0.1) is 5.10 Å². The third-order valence-electron chi connectivity index (χ3n) is 5.90. The number of carbonyl (C=O) groups is 3. The van der Waals surface area contributed by atoms with Crippen molar-refractivity contribution in [1.29, 1.82) is 0 Å². The van der Waals surface area contributed by atoms with Crippen molar-refractivity contribution in [3.8, 4) is 11.4 Å². The summed E-state index contributed by atoms with van der Waals surface area (Å²) in [6, 6.07) is 10.1. The lowest BCUT2D eigenvalue weighted by atomic mass is 9.91. The predicted octanol–water partition coefficient (Wildman–Crippen LogP) is 4.99. The number of ether oxygens (including phenoxy) is 1. The van der Waals surface area contributed by atoms with E-state index in [1.165, 1.54) is 20.7 Å². The van der Waals surface area contributed by atoms with Crippen LogP contribution in [0.15, 0.2) is 42.6 Å². The normalized spacial score (nSPS) is 14.3. The van der Waals surface area contributed by atoms with Crippen molar-refractivity contribution >= 4 is 52.4 Å². The van der Waals surface area contributed by atoms with Crippen LogP contribution in [-0.4, -0.2) is 45.9 Å². The summed E-state index contributed by atoms with van der Waals surface area (Å²) in [5.74, 6) is -0.838. The molecule has 194 valence electrons. The van der Waals surface area contributed by atoms with Crippen LogP contribution in [0, 0.1) is 12.3 Å². The molecule has 1 fully saturated rings. The van der Waals surface area contributed by atoms with E-state index in [2.05, 4.69) is 10.3 Å². The Morgan fingerprint density at radius 1 is 1.03 bits per heavy atom. The maximum Gasteiger partial charge on any atom is 0.311 e. The first-order valence-corrected chi connectivity index (χ1v) is 12.5. The third kappa shape index (κ3) is 6.11. The molecule has 0 aliphatic carbocycles. The number of aryl methyl sites for hydroxylation is 1. The van der Waals surface area contributed by atoms with Gasteiger partial charge in [0.15, 0.2) is 10.9 Å². The van der Waals surface area contributed by atoms with Crippen LogP contribution in [0.5, 0.6) is 5.75 Å². The Kier molecular flexibility index (Phi) is 7.57. The molecule has 0 unspecified atom stereocenters. The minimum atomic E-state index is -0.394. The fourth-order valence-corrected chi connectivity index (χ4v) is 4.31. The molecule has 0 atom stereocenters. The van der Waals surface area contributed by atoms with Gasteiger partial charge in [0.1, 0.15) is 13.1 Å². The molecular weight excluding hydrogens is 517 g/mol. The van der Waals surface area contributed by atoms with Crippen LogP contribution < -0.4 is 14.5 Å². The highest BCUT2D eigenvalue weighted by Gasteiger charge is 2.35. The lowest BCUT2D eigenvalue weighted by Crippen LogP contribution is -2.54. The van der Waals surface area contributed by atoms with Crippen LogP contribution >= 0.6 is 23.2 Å². The van der Waals surface area contributed by atoms with Gasteiger partial charge in [0.2, 0.25) is 11.8 Å². The number of hydrogen-bond donors (Lipinski definition) is 0. The van der Waals surface area contributed by atoms with Gasteiger partial charge in [-0.1, -0.05) is 61.3 Å². The minimum Gasteiger partial charge on any atom is -0.424 e. The summed E-state index contributed by atoms with van der Waals surface area (Å²) < 4.78 is 7.07. The predicted molar refractivity (Wildman–Crippen MR) is 142 cm³/mol. The van der Waals surface area contributed by atoms with Gasteiger partial charge >= 0.3 is 5.97 Å². The van der Waals surface area contributed by atoms with Gasteiger partial charge in [0.05, 0.1) is 23.3 Å². The average Bonchev–Trinajstić information content (AvgIpc) is 3.25. The molecule has 1 saturated heterocycles. The summed E-state index contributed by atoms with van der Waals surface area (Å²) >= 11 is 12.2. The first kappa shape index (κ1) is 26.6. The second kappa shape index (κ2) is 10.5. The van der Waals surface area contributed by atoms with Crippen LogP contribution in [0.3, 0.4) is 0 Å². The van der Waals surface area contributed by atoms with E-state index in [0.717, 1.165) is 0 Å². The maximum absolute atomic E-state index is 13.4. The van der Waals surface area contributed by atoms with Gasteiger partial charge in [-0.05, 0) is 48.6 Å². The summed E-state index contributed by atoms with van der Waals surface area (Å²) in [7, 11) is 0. The molecule has 0 saturated carbocycles. The Hall–Kier alpha value is -3.43. The van der Waals surface area contributed by atoms with E-state index in [0.29, 0.717) is 34.1 Å². The molecule has 11 heteroatoms. The van der Waals surface area contributed by atoms with Gasteiger partial charge in [-0.2, -0.15) is 0 Å². The molecular formula is C26H27Cl2N5O4. The van der Waals surface area contributed by atoms with Crippen LogP contribution in [0.2, 0.25) is 10.2 Å². The zero-order valence-electron chi connectivity index (χ0n) is 21.0. The van der Waals surface area contributed by atoms with Crippen molar-refractivity contribution < 1.29 is 19.1 Å². The molecule has 2 heterocycles. The van der Waals surface area contributed by atoms with Crippen molar-refractivity contribution in [2.75, 3.05) is 22.9 Å². The van der Waals surface area contributed by atoms with Gasteiger partial charge in [0.25, 0.3) is 0 Å². The Morgan fingerprint density at radius 2 is 1.73 bits per heavy atom. The first-order chi connectivity index (χ1) is 17.4. The molecule has 1 aromatic heterocycles. The number of para-hydroxylation sites is 1. The summed E-state index contributed by atoms with van der Waals surface area (Å²) in [4.78, 5) is 42.1. The second-order valence-electron chi connectivity index (χ2n) is 10.0. The van der Waals surface area contributed by atoms with E-state index in [4.69, 9.17) is 27.9 Å². The number of hydrogen-bond acceptors (Lipinski definition) is 6. The number of halogens is 2. The number of aromatic nitrogens is 3. The Morgan fingerprint density at radius 3 is 2.41 bits per heavy atom. The van der Waals surface area contributed by atoms with Gasteiger partial charge < -0.3 is 4.74 Å². The second-order valence-corrected chi connectivity index (χ2v) is 10.9. The number of nitrogens with zero attached hydrogens (tertiary/aromatic N) is 5. The summed E-state index contributed by atoms with van der Waals surface area (Å²) in [5.41, 5.74) is 1.97. The van der Waals surface area contributed by atoms with Crippen molar-refractivity contribution in [1.82, 2.24) is 15.0 Å². The molecule has 37 heavy (non-hydrogen) atoms. The number of piperazine rings is 1. The van der Waals surface area contributed by atoms with Crippen LogP contribution in [0.4, 0.5) is 11.4 Å². The summed E-state index contributed by atoms with van der Waals surface area (Å²) in [5, 5.41) is 8.31. The van der Waals surface area contributed by atoms with Crippen LogP contribution in [0.1, 0.15) is 39.2 Å². The maximum atomic E-state index is 13.4. The topological polar surface area (TPSA) is 97.6 Å². The number of carbonyl (C=O) groups excluding carboxylic acids is 3. The number of amides is 2. The number of benzene rings is 2. The molecule has 4 rings (SSSR count). The zero-order chi connectivity index (χ0) is 26.9. The number of esters is 1. The van der Waals surface area contributed by atoms with Crippen LogP contribution in [-0.2, 0) is 14.4 Å². The van der Waals surface area contributed by atoms with Gasteiger partial charge in [0, 0.05) is 11.4 Å². The molecule has 0 bridgehead atoms. The highest BCUT2D eigenvalue weighted by Crippen LogP contribution is 2.36. The summed E-state index contributed by atoms with van der Waals surface area (Å²) in [6.07, 6.45) is 2.38. The van der Waals surface area contributed by atoms with E-state index in [1.807, 2.05) is 20.8 Å². The molecule has 9 nitrogen and oxygen atoms in total. The third-order valence-corrected chi connectivity index (χ3v) is 6.31. The van der Waals surface area contributed by atoms with E-state index in [-0.39, 0.29) is 47.6 Å². The van der Waals surface area contributed by atoms with E-state index in [9.17, 15) is 14.4 Å². The lowest BCUT2D eigenvalue weighted by Gasteiger charge is -2.35. The SMILES string of the molecule is Cc1cccc(OC(=O)CCC(C)(C)C)c1N1CC(=O)N(c2cc(Cl)ccc2-n2cc(Cl)nn2)CC1=O. The molecule has 2 aromatic carbocycles. The Bertz CT molecular complexity index is 1370.